The number of aliphatic hydroxyl groups excluding tert-OH is 3. The van der Waals surface area contributed by atoms with E-state index in [1.54, 1.807) is 0 Å². The van der Waals surface area contributed by atoms with Gasteiger partial charge < -0.3 is 15.3 Å². The first-order valence-electron chi connectivity index (χ1n) is 9.44. The monoisotopic (exact) mass is 334 g/mol. The van der Waals surface area contributed by atoms with Gasteiger partial charge in [-0.15, -0.1) is 0 Å². The van der Waals surface area contributed by atoms with Crippen molar-refractivity contribution in [2.45, 2.75) is 64.6 Å². The minimum atomic E-state index is -1.06. The number of fused-ring (bicyclic) bond motifs is 3. The summed E-state index contributed by atoms with van der Waals surface area (Å²) in [5.41, 5.74) is -0.872. The molecule has 0 amide bonds. The smallest absolute Gasteiger partial charge is 0.170 e. The molecular formula is C20H30O4. The molecule has 4 fully saturated rings. The van der Waals surface area contributed by atoms with Crippen molar-refractivity contribution in [1.29, 1.82) is 0 Å². The number of hydrogen-bond donors (Lipinski definition) is 3. The van der Waals surface area contributed by atoms with Crippen molar-refractivity contribution in [2.75, 3.05) is 6.61 Å². The molecule has 3 N–H and O–H groups in total. The Morgan fingerprint density at radius 3 is 2.54 bits per heavy atom. The molecule has 0 heterocycles. The van der Waals surface area contributed by atoms with E-state index in [2.05, 4.69) is 20.4 Å². The lowest BCUT2D eigenvalue weighted by atomic mass is 9.39. The molecule has 134 valence electrons. The van der Waals surface area contributed by atoms with Crippen LogP contribution < -0.4 is 0 Å². The van der Waals surface area contributed by atoms with Crippen LogP contribution in [0.15, 0.2) is 12.2 Å². The molecule has 4 aliphatic carbocycles. The van der Waals surface area contributed by atoms with Gasteiger partial charge in [0, 0.05) is 12.5 Å². The van der Waals surface area contributed by atoms with Crippen molar-refractivity contribution in [3.63, 3.8) is 0 Å². The van der Waals surface area contributed by atoms with E-state index in [1.807, 2.05) is 0 Å². The summed E-state index contributed by atoms with van der Waals surface area (Å²) in [6, 6.07) is 0. The van der Waals surface area contributed by atoms with Crippen molar-refractivity contribution >= 4 is 5.78 Å². The second kappa shape index (κ2) is 4.93. The first kappa shape index (κ1) is 16.7. The molecule has 0 radical (unpaired) electrons. The van der Waals surface area contributed by atoms with Gasteiger partial charge in [-0.3, -0.25) is 4.79 Å². The molecule has 8 atom stereocenters. The normalized spacial score (nSPS) is 56.8. The Morgan fingerprint density at radius 1 is 1.17 bits per heavy atom. The fraction of sp³-hybridized carbons (Fsp3) is 0.850. The Morgan fingerprint density at radius 2 is 1.88 bits per heavy atom. The summed E-state index contributed by atoms with van der Waals surface area (Å²) >= 11 is 0. The Hall–Kier alpha value is -0.710. The molecule has 0 aromatic carbocycles. The molecule has 4 aliphatic rings. The third-order valence-electron chi connectivity index (χ3n) is 8.61. The van der Waals surface area contributed by atoms with Crippen molar-refractivity contribution in [3.05, 3.63) is 12.2 Å². The zero-order chi connectivity index (χ0) is 17.5. The van der Waals surface area contributed by atoms with Crippen LogP contribution >= 0.6 is 0 Å². The molecule has 2 bridgehead atoms. The van der Waals surface area contributed by atoms with E-state index >= 15 is 0 Å². The van der Waals surface area contributed by atoms with Crippen molar-refractivity contribution in [1.82, 2.24) is 0 Å². The maximum absolute atomic E-state index is 13.1. The van der Waals surface area contributed by atoms with Gasteiger partial charge in [-0.05, 0) is 60.3 Å². The Kier molecular flexibility index (Phi) is 3.44. The third-order valence-corrected chi connectivity index (χ3v) is 8.61. The lowest BCUT2D eigenvalue weighted by Crippen LogP contribution is -2.67. The highest BCUT2D eigenvalue weighted by atomic mass is 16.3. The third kappa shape index (κ3) is 1.63. The summed E-state index contributed by atoms with van der Waals surface area (Å²) in [6.45, 7) is 8.44. The van der Waals surface area contributed by atoms with Crippen molar-refractivity contribution in [3.8, 4) is 0 Å². The number of carbonyl (C=O) groups is 1. The number of carbonyl (C=O) groups excluding carboxylic acids is 1. The standard InChI is InChI=1S/C20H30O4/c1-11-12-5-6-13-19(3)8-4-7-18(2,10-21)14(19)9-15(22)20(13,16(11)23)17(12)24/h12-15,17,21-22,24H,1,4-10H2,2-3H3/t12-,13-,14+,15+,17+,18+,19-,20?/m0/s1. The first-order valence-corrected chi connectivity index (χ1v) is 9.44. The summed E-state index contributed by atoms with van der Waals surface area (Å²) in [4.78, 5) is 13.1. The summed E-state index contributed by atoms with van der Waals surface area (Å²) < 4.78 is 0. The zero-order valence-electron chi connectivity index (χ0n) is 14.8. The van der Waals surface area contributed by atoms with Crippen LogP contribution in [0, 0.1) is 34.0 Å². The van der Waals surface area contributed by atoms with E-state index in [0.29, 0.717) is 12.0 Å². The summed E-state index contributed by atoms with van der Waals surface area (Å²) in [7, 11) is 0. The number of Topliss-reactive ketones (excluding diaryl/α,β-unsaturated/α-hetero) is 1. The highest BCUT2D eigenvalue weighted by molar-refractivity contribution is 6.04. The molecule has 1 spiro atoms. The molecular weight excluding hydrogens is 304 g/mol. The Balaban J connectivity index is 1.86. The molecule has 0 aromatic heterocycles. The van der Waals surface area contributed by atoms with Gasteiger partial charge in [0.15, 0.2) is 5.78 Å². The predicted octanol–water partition coefficient (Wildman–Crippen LogP) is 2.07. The Labute approximate surface area is 144 Å². The van der Waals surface area contributed by atoms with Crippen LogP contribution in [0.5, 0.6) is 0 Å². The highest BCUT2D eigenvalue weighted by Crippen LogP contribution is 2.70. The average molecular weight is 334 g/mol. The minimum Gasteiger partial charge on any atom is -0.396 e. The van der Waals surface area contributed by atoms with Gasteiger partial charge in [-0.1, -0.05) is 26.8 Å². The maximum Gasteiger partial charge on any atom is 0.170 e. The molecule has 4 rings (SSSR count). The van der Waals surface area contributed by atoms with Crippen molar-refractivity contribution in [2.24, 2.45) is 34.0 Å². The number of hydrogen-bond acceptors (Lipinski definition) is 4. The van der Waals surface area contributed by atoms with Gasteiger partial charge in [0.1, 0.15) is 0 Å². The fourth-order valence-corrected chi connectivity index (χ4v) is 7.44. The zero-order valence-corrected chi connectivity index (χ0v) is 14.8. The van der Waals surface area contributed by atoms with Crippen LogP contribution in [-0.2, 0) is 4.79 Å². The maximum atomic E-state index is 13.1. The van der Waals surface area contributed by atoms with E-state index in [4.69, 9.17) is 0 Å². The van der Waals surface area contributed by atoms with Crippen LogP contribution in [0.1, 0.15) is 52.4 Å². The van der Waals surface area contributed by atoms with E-state index in [1.165, 1.54) is 0 Å². The van der Waals surface area contributed by atoms with E-state index < -0.39 is 17.6 Å². The fourth-order valence-electron chi connectivity index (χ4n) is 7.44. The van der Waals surface area contributed by atoms with Gasteiger partial charge in [0.25, 0.3) is 0 Å². The van der Waals surface area contributed by atoms with Gasteiger partial charge in [-0.2, -0.15) is 0 Å². The Bertz CT molecular complexity index is 600. The largest absolute Gasteiger partial charge is 0.396 e. The molecule has 0 saturated heterocycles. The average Bonchev–Trinajstić information content (AvgIpc) is 2.66. The SMILES string of the molecule is C=C1C(=O)C23[C@H](O)C[C@@H]4[C@@](C)(CO)CCC[C@@]4(C)[C@@H]2CC[C@@H]1[C@H]3O. The van der Waals surface area contributed by atoms with Crippen LogP contribution in [0.4, 0.5) is 0 Å². The minimum absolute atomic E-state index is 0.0251. The summed E-state index contributed by atoms with van der Waals surface area (Å²) in [6.07, 6.45) is 3.49. The lowest BCUT2D eigenvalue weighted by molar-refractivity contribution is -0.230. The van der Waals surface area contributed by atoms with Gasteiger partial charge in [0.05, 0.1) is 17.6 Å². The van der Waals surface area contributed by atoms with Gasteiger partial charge in [0.2, 0.25) is 0 Å². The van der Waals surface area contributed by atoms with E-state index in [0.717, 1.165) is 32.1 Å². The molecule has 1 unspecified atom stereocenters. The number of rotatable bonds is 1. The lowest BCUT2D eigenvalue weighted by Gasteiger charge is -2.65. The second-order valence-electron chi connectivity index (χ2n) is 9.44. The van der Waals surface area contributed by atoms with Gasteiger partial charge >= 0.3 is 0 Å². The summed E-state index contributed by atoms with van der Waals surface area (Å²) in [5, 5.41) is 32.2. The van der Waals surface area contributed by atoms with Crippen LogP contribution in [0.25, 0.3) is 0 Å². The number of ketones is 1. The van der Waals surface area contributed by atoms with Crippen molar-refractivity contribution < 1.29 is 20.1 Å². The molecule has 4 saturated carbocycles. The summed E-state index contributed by atoms with van der Waals surface area (Å²) in [5.74, 6) is -0.120. The molecule has 4 heteroatoms. The molecule has 0 aliphatic heterocycles. The van der Waals surface area contributed by atoms with Gasteiger partial charge in [-0.25, -0.2) is 0 Å². The predicted molar refractivity (Wildman–Crippen MR) is 90.1 cm³/mol. The van der Waals surface area contributed by atoms with Crippen LogP contribution in [-0.4, -0.2) is 39.9 Å². The quantitative estimate of drug-likeness (QED) is 0.642. The highest BCUT2D eigenvalue weighted by Gasteiger charge is 2.73. The van der Waals surface area contributed by atoms with E-state index in [9.17, 15) is 20.1 Å². The second-order valence-corrected chi connectivity index (χ2v) is 9.44. The number of aliphatic hydroxyl groups is 3. The molecule has 24 heavy (non-hydrogen) atoms. The topological polar surface area (TPSA) is 77.8 Å². The molecule has 0 aromatic rings. The van der Waals surface area contributed by atoms with E-state index in [-0.39, 0.29) is 41.0 Å². The van der Waals surface area contributed by atoms with Crippen LogP contribution in [0.2, 0.25) is 0 Å². The first-order chi connectivity index (χ1) is 11.2. The van der Waals surface area contributed by atoms with Crippen LogP contribution in [0.3, 0.4) is 0 Å². The molecule has 4 nitrogen and oxygen atoms in total.